The van der Waals surface area contributed by atoms with E-state index >= 15 is 0 Å². The number of rotatable bonds is 2. The van der Waals surface area contributed by atoms with Crippen LogP contribution in [0.4, 0.5) is 0 Å². The summed E-state index contributed by atoms with van der Waals surface area (Å²) in [6, 6.07) is 0. The van der Waals surface area contributed by atoms with E-state index in [0.717, 1.165) is 6.20 Å². The summed E-state index contributed by atoms with van der Waals surface area (Å²) in [6.07, 6.45) is -4.48. The molecule has 0 amide bonds. The molecule has 1 saturated heterocycles. The van der Waals surface area contributed by atoms with Crippen LogP contribution >= 0.6 is 0 Å². The number of hydrogen-bond donors (Lipinski definition) is 4. The predicted molar refractivity (Wildman–Crippen MR) is 69.1 cm³/mol. The van der Waals surface area contributed by atoms with Crippen molar-refractivity contribution >= 4 is 0 Å². The summed E-state index contributed by atoms with van der Waals surface area (Å²) in [6.45, 7) is 2.79. The maximum Gasteiger partial charge on any atom is 0.347 e. The molecule has 1 aliphatic heterocycles. The summed E-state index contributed by atoms with van der Waals surface area (Å²) in [5.41, 5.74) is -3.79. The Morgan fingerprint density at radius 1 is 1.57 bits per heavy atom. The fourth-order valence-corrected chi connectivity index (χ4v) is 2.21. The van der Waals surface area contributed by atoms with Gasteiger partial charge in [0.2, 0.25) is 5.60 Å². The third kappa shape index (κ3) is 2.50. The molecular weight excluding hydrogens is 282 g/mol. The summed E-state index contributed by atoms with van der Waals surface area (Å²) < 4.78 is 6.00. The van der Waals surface area contributed by atoms with E-state index in [2.05, 4.69) is 16.9 Å². The summed E-state index contributed by atoms with van der Waals surface area (Å²) in [5.74, 6) is 4.81. The second-order valence-corrected chi connectivity index (χ2v) is 4.72. The van der Waals surface area contributed by atoms with Gasteiger partial charge in [-0.2, -0.15) is 9.78 Å². The molecule has 1 fully saturated rings. The van der Waals surface area contributed by atoms with Gasteiger partial charge in [0.05, 0.1) is 6.10 Å². The van der Waals surface area contributed by atoms with Gasteiger partial charge in [0, 0.05) is 0 Å². The van der Waals surface area contributed by atoms with E-state index in [0.29, 0.717) is 4.68 Å². The number of ether oxygens (including phenoxy) is 1. The molecule has 0 saturated carbocycles. The van der Waals surface area contributed by atoms with Gasteiger partial charge in [-0.3, -0.25) is 9.78 Å². The van der Waals surface area contributed by atoms with Gasteiger partial charge in [0.15, 0.2) is 6.23 Å². The smallest absolute Gasteiger partial charge is 0.347 e. The third-order valence-corrected chi connectivity index (χ3v) is 3.19. The molecule has 2 unspecified atom stereocenters. The summed E-state index contributed by atoms with van der Waals surface area (Å²) in [5, 5.41) is 33.8. The molecule has 9 nitrogen and oxygen atoms in total. The first-order chi connectivity index (χ1) is 9.81. The minimum atomic E-state index is -2.15. The fourth-order valence-electron chi connectivity index (χ4n) is 2.21. The first-order valence-corrected chi connectivity index (χ1v) is 6.17. The Balaban J connectivity index is 2.56. The summed E-state index contributed by atoms with van der Waals surface area (Å²) in [7, 11) is 0. The van der Waals surface area contributed by atoms with Crippen LogP contribution in [0.25, 0.3) is 0 Å². The maximum absolute atomic E-state index is 11.8. The van der Waals surface area contributed by atoms with Gasteiger partial charge in [0.1, 0.15) is 18.4 Å². The standard InChI is InChI=1S/C12H15N3O6/c1-3-4-12(20)9(18)8(6(2)16)21-10(12)15-11(19)14-7(17)5-13-15/h5-6,8-10,16,18,20H,1-2H3,(H,14,17,19)/t6-,8+,9?,10+,12?/m0/s1. The maximum atomic E-state index is 11.8. The minimum absolute atomic E-state index is 0.664. The van der Waals surface area contributed by atoms with Gasteiger partial charge >= 0.3 is 5.69 Å². The lowest BCUT2D eigenvalue weighted by atomic mass is 9.93. The molecule has 0 aliphatic carbocycles. The van der Waals surface area contributed by atoms with Crippen LogP contribution in [-0.2, 0) is 4.74 Å². The van der Waals surface area contributed by atoms with Gasteiger partial charge < -0.3 is 20.1 Å². The number of aliphatic hydroxyl groups excluding tert-OH is 2. The Labute approximate surface area is 118 Å². The van der Waals surface area contributed by atoms with E-state index in [1.165, 1.54) is 13.8 Å². The Bertz CT molecular complexity index is 699. The third-order valence-electron chi connectivity index (χ3n) is 3.19. The second-order valence-electron chi connectivity index (χ2n) is 4.72. The molecule has 9 heteroatoms. The molecule has 4 N–H and O–H groups in total. The zero-order valence-corrected chi connectivity index (χ0v) is 11.3. The quantitative estimate of drug-likeness (QED) is 0.437. The van der Waals surface area contributed by atoms with Crippen molar-refractivity contribution in [3.8, 4) is 11.8 Å². The largest absolute Gasteiger partial charge is 0.391 e. The molecule has 1 aromatic rings. The lowest BCUT2D eigenvalue weighted by Crippen LogP contribution is -2.49. The van der Waals surface area contributed by atoms with Crippen LogP contribution in [0.15, 0.2) is 15.8 Å². The molecule has 0 bridgehead atoms. The van der Waals surface area contributed by atoms with Crippen molar-refractivity contribution in [3.05, 3.63) is 27.0 Å². The normalized spacial score (nSPS) is 33.3. The van der Waals surface area contributed by atoms with Gasteiger partial charge in [-0.15, -0.1) is 5.92 Å². The number of nitrogens with one attached hydrogen (secondary N) is 1. The summed E-state index contributed by atoms with van der Waals surface area (Å²) in [4.78, 5) is 24.8. The molecule has 114 valence electrons. The van der Waals surface area contributed by atoms with Crippen LogP contribution in [0, 0.1) is 11.8 Å². The van der Waals surface area contributed by atoms with E-state index in [1.54, 1.807) is 0 Å². The van der Waals surface area contributed by atoms with Crippen molar-refractivity contribution in [3.63, 3.8) is 0 Å². The average Bonchev–Trinajstić information content (AvgIpc) is 2.64. The van der Waals surface area contributed by atoms with Crippen molar-refractivity contribution in [2.75, 3.05) is 0 Å². The predicted octanol–water partition coefficient (Wildman–Crippen LogP) is -2.67. The Morgan fingerprint density at radius 3 is 2.76 bits per heavy atom. The van der Waals surface area contributed by atoms with E-state index in [9.17, 15) is 24.9 Å². The number of aromatic nitrogens is 3. The van der Waals surface area contributed by atoms with E-state index in [4.69, 9.17) is 4.74 Å². The minimum Gasteiger partial charge on any atom is -0.391 e. The molecule has 2 heterocycles. The zero-order chi connectivity index (χ0) is 15.8. The molecular formula is C12H15N3O6. The molecule has 0 spiro atoms. The highest BCUT2D eigenvalue weighted by atomic mass is 16.6. The van der Waals surface area contributed by atoms with Crippen molar-refractivity contribution in [1.29, 1.82) is 0 Å². The Hall–Kier alpha value is -1.99. The first kappa shape index (κ1) is 15.4. The van der Waals surface area contributed by atoms with Crippen LogP contribution in [0.3, 0.4) is 0 Å². The first-order valence-electron chi connectivity index (χ1n) is 6.17. The molecule has 21 heavy (non-hydrogen) atoms. The Morgan fingerprint density at radius 2 is 2.24 bits per heavy atom. The highest BCUT2D eigenvalue weighted by molar-refractivity contribution is 5.22. The van der Waals surface area contributed by atoms with Crippen LogP contribution < -0.4 is 11.2 Å². The number of H-pyrrole nitrogens is 1. The monoisotopic (exact) mass is 297 g/mol. The van der Waals surface area contributed by atoms with Gasteiger partial charge in [-0.05, 0) is 13.8 Å². The SMILES string of the molecule is CC#CC1(O)C(O)[C@@H]([C@H](C)O)O[C@H]1n1ncc(=O)[nH]c1=O. The number of nitrogens with zero attached hydrogens (tertiary/aromatic N) is 2. The molecule has 1 aliphatic rings. The van der Waals surface area contributed by atoms with Crippen LogP contribution in [0.5, 0.6) is 0 Å². The van der Waals surface area contributed by atoms with Gasteiger partial charge in [-0.1, -0.05) is 5.92 Å². The van der Waals surface area contributed by atoms with Crippen molar-refractivity contribution in [2.24, 2.45) is 0 Å². The second kappa shape index (κ2) is 5.42. The lowest BCUT2D eigenvalue weighted by Gasteiger charge is -2.25. The molecule has 2 rings (SSSR count). The van der Waals surface area contributed by atoms with Gasteiger partial charge in [0.25, 0.3) is 5.56 Å². The Kier molecular flexibility index (Phi) is 3.97. The highest BCUT2D eigenvalue weighted by Crippen LogP contribution is 2.38. The number of hydrogen-bond acceptors (Lipinski definition) is 7. The van der Waals surface area contributed by atoms with Crippen molar-refractivity contribution < 1.29 is 20.1 Å². The molecule has 0 radical (unpaired) electrons. The lowest BCUT2D eigenvalue weighted by molar-refractivity contribution is -0.0947. The van der Waals surface area contributed by atoms with Crippen molar-refractivity contribution in [2.45, 2.75) is 44.0 Å². The molecule has 1 aromatic heterocycles. The summed E-state index contributed by atoms with van der Waals surface area (Å²) >= 11 is 0. The average molecular weight is 297 g/mol. The van der Waals surface area contributed by atoms with Crippen molar-refractivity contribution in [1.82, 2.24) is 14.8 Å². The molecule has 0 aromatic carbocycles. The highest BCUT2D eigenvalue weighted by Gasteiger charge is 2.57. The van der Waals surface area contributed by atoms with E-state index < -0.39 is 41.4 Å². The zero-order valence-electron chi connectivity index (χ0n) is 11.3. The topological polar surface area (TPSA) is 138 Å². The van der Waals surface area contributed by atoms with Crippen LogP contribution in [0.1, 0.15) is 20.1 Å². The van der Waals surface area contributed by atoms with Gasteiger partial charge in [-0.25, -0.2) is 4.79 Å². The van der Waals surface area contributed by atoms with E-state index in [-0.39, 0.29) is 0 Å². The number of aromatic amines is 1. The fraction of sp³-hybridized carbons (Fsp3) is 0.583. The molecule has 5 atom stereocenters. The van der Waals surface area contributed by atoms with Crippen LogP contribution in [-0.4, -0.2) is 54.0 Å². The number of aliphatic hydroxyl groups is 3. The van der Waals surface area contributed by atoms with E-state index in [1.807, 2.05) is 4.98 Å². The van der Waals surface area contributed by atoms with Crippen LogP contribution in [0.2, 0.25) is 0 Å².